The van der Waals surface area contributed by atoms with Gasteiger partial charge in [-0.1, -0.05) is 41.3 Å². The molecule has 174 valence electrons. The first kappa shape index (κ1) is 23.3. The van der Waals surface area contributed by atoms with Gasteiger partial charge in [-0.3, -0.25) is 9.69 Å². The van der Waals surface area contributed by atoms with E-state index < -0.39 is 0 Å². The number of hydrogen-bond donors (Lipinski definition) is 1. The van der Waals surface area contributed by atoms with Crippen LogP contribution in [0.3, 0.4) is 0 Å². The minimum absolute atomic E-state index is 0.139. The number of ether oxygens (including phenoxy) is 2. The number of piperazine rings is 1. The highest BCUT2D eigenvalue weighted by molar-refractivity contribution is 8.01. The molecule has 0 spiro atoms. The lowest BCUT2D eigenvalue weighted by atomic mass is 10.3. The lowest BCUT2D eigenvalue weighted by Crippen LogP contribution is -2.50. The Morgan fingerprint density at radius 1 is 1.03 bits per heavy atom. The summed E-state index contributed by atoms with van der Waals surface area (Å²) in [7, 11) is 1.64. The van der Waals surface area contributed by atoms with E-state index >= 15 is 0 Å². The maximum Gasteiger partial charge on any atom is 0.233 e. The molecule has 1 fully saturated rings. The van der Waals surface area contributed by atoms with Crippen LogP contribution in [0.25, 0.3) is 0 Å². The summed E-state index contributed by atoms with van der Waals surface area (Å²) in [6.45, 7) is 4.72. The molecule has 1 aliphatic heterocycles. The molecular weight excluding hydrogens is 458 g/mol. The number of benzene rings is 2. The van der Waals surface area contributed by atoms with Gasteiger partial charge in [0.2, 0.25) is 11.0 Å². The summed E-state index contributed by atoms with van der Waals surface area (Å²) in [6.07, 6.45) is 0. The number of carbonyl (C=O) groups is 1. The van der Waals surface area contributed by atoms with Crippen molar-refractivity contribution >= 4 is 39.8 Å². The topological polar surface area (TPSA) is 79.8 Å². The molecule has 2 aromatic carbocycles. The normalized spacial score (nSPS) is 14.2. The van der Waals surface area contributed by atoms with Gasteiger partial charge in [0.1, 0.15) is 18.1 Å². The van der Waals surface area contributed by atoms with Crippen LogP contribution >= 0.6 is 23.1 Å². The number of anilines is 2. The van der Waals surface area contributed by atoms with Crippen LogP contribution in [0.1, 0.15) is 0 Å². The number of para-hydroxylation sites is 1. The molecule has 0 atom stereocenters. The fourth-order valence-electron chi connectivity index (χ4n) is 3.36. The minimum Gasteiger partial charge on any atom is -0.497 e. The third-order valence-electron chi connectivity index (χ3n) is 5.21. The highest BCUT2D eigenvalue weighted by atomic mass is 32.2. The number of thioether (sulfide) groups is 1. The molecule has 2 heterocycles. The predicted octanol–water partition coefficient (Wildman–Crippen LogP) is 3.61. The maximum absolute atomic E-state index is 12.6. The fraction of sp³-hybridized carbons (Fsp3) is 0.348. The van der Waals surface area contributed by atoms with E-state index in [-0.39, 0.29) is 5.91 Å². The lowest BCUT2D eigenvalue weighted by molar-refractivity contribution is -0.130. The summed E-state index contributed by atoms with van der Waals surface area (Å²) in [4.78, 5) is 16.9. The van der Waals surface area contributed by atoms with Gasteiger partial charge in [0, 0.05) is 38.4 Å². The van der Waals surface area contributed by atoms with E-state index in [2.05, 4.69) is 20.4 Å². The molecule has 0 bridgehead atoms. The quantitative estimate of drug-likeness (QED) is 0.437. The van der Waals surface area contributed by atoms with Crippen molar-refractivity contribution in [3.05, 3.63) is 54.6 Å². The molecule has 4 rings (SSSR count). The molecule has 10 heteroatoms. The van der Waals surface area contributed by atoms with E-state index in [1.165, 1.54) is 23.1 Å². The van der Waals surface area contributed by atoms with Gasteiger partial charge < -0.3 is 19.7 Å². The van der Waals surface area contributed by atoms with E-state index in [0.717, 1.165) is 54.2 Å². The van der Waals surface area contributed by atoms with Crippen molar-refractivity contribution in [2.75, 3.05) is 57.5 Å². The Kier molecular flexibility index (Phi) is 8.40. The number of rotatable bonds is 10. The van der Waals surface area contributed by atoms with Gasteiger partial charge in [-0.05, 0) is 36.4 Å². The van der Waals surface area contributed by atoms with E-state index in [1.54, 1.807) is 7.11 Å². The van der Waals surface area contributed by atoms with E-state index in [1.807, 2.05) is 59.5 Å². The zero-order valence-electron chi connectivity index (χ0n) is 18.5. The first-order valence-corrected chi connectivity index (χ1v) is 12.6. The van der Waals surface area contributed by atoms with Gasteiger partial charge in [-0.25, -0.2) is 0 Å². The van der Waals surface area contributed by atoms with Crippen LogP contribution in [0.15, 0.2) is 58.9 Å². The molecule has 0 saturated carbocycles. The number of nitrogens with one attached hydrogen (secondary N) is 1. The number of methoxy groups -OCH3 is 1. The maximum atomic E-state index is 12.6. The van der Waals surface area contributed by atoms with Crippen LogP contribution in [0.5, 0.6) is 11.5 Å². The summed E-state index contributed by atoms with van der Waals surface area (Å²) in [5, 5.41) is 12.3. The number of nitrogens with zero attached hydrogens (tertiary/aromatic N) is 4. The molecule has 1 aromatic heterocycles. The monoisotopic (exact) mass is 485 g/mol. The lowest BCUT2D eigenvalue weighted by Gasteiger charge is -2.34. The molecule has 1 amide bonds. The molecule has 1 aliphatic rings. The SMILES string of the molecule is COc1ccc(Nc2nnc(SCC(=O)N3CCN(CCOc4ccccc4)CC3)s2)cc1. The Bertz CT molecular complexity index is 1010. The molecule has 1 saturated heterocycles. The van der Waals surface area contributed by atoms with Crippen molar-refractivity contribution in [2.45, 2.75) is 4.34 Å². The summed E-state index contributed by atoms with van der Waals surface area (Å²) >= 11 is 2.87. The predicted molar refractivity (Wildman–Crippen MR) is 132 cm³/mol. The Morgan fingerprint density at radius 2 is 1.79 bits per heavy atom. The Balaban J connectivity index is 1.15. The Morgan fingerprint density at radius 3 is 2.52 bits per heavy atom. The molecule has 3 aromatic rings. The number of amides is 1. The molecule has 0 radical (unpaired) electrons. The van der Waals surface area contributed by atoms with Crippen LogP contribution in [0.4, 0.5) is 10.8 Å². The third kappa shape index (κ3) is 7.08. The van der Waals surface area contributed by atoms with E-state index in [4.69, 9.17) is 9.47 Å². The molecule has 0 unspecified atom stereocenters. The largest absolute Gasteiger partial charge is 0.497 e. The van der Waals surface area contributed by atoms with Crippen LogP contribution in [-0.2, 0) is 4.79 Å². The summed E-state index contributed by atoms with van der Waals surface area (Å²) in [6, 6.07) is 17.4. The first-order chi connectivity index (χ1) is 16.2. The van der Waals surface area contributed by atoms with Crippen molar-refractivity contribution in [1.29, 1.82) is 0 Å². The van der Waals surface area contributed by atoms with Crippen molar-refractivity contribution in [2.24, 2.45) is 0 Å². The summed E-state index contributed by atoms with van der Waals surface area (Å²) in [5.41, 5.74) is 0.909. The minimum atomic E-state index is 0.139. The third-order valence-corrected chi connectivity index (χ3v) is 7.17. The van der Waals surface area contributed by atoms with Gasteiger partial charge >= 0.3 is 0 Å². The van der Waals surface area contributed by atoms with Gasteiger partial charge in [-0.2, -0.15) is 0 Å². The van der Waals surface area contributed by atoms with Crippen molar-refractivity contribution < 1.29 is 14.3 Å². The smallest absolute Gasteiger partial charge is 0.233 e. The molecular formula is C23H27N5O3S2. The van der Waals surface area contributed by atoms with Crippen molar-refractivity contribution in [1.82, 2.24) is 20.0 Å². The second-order valence-electron chi connectivity index (χ2n) is 7.40. The number of hydrogen-bond acceptors (Lipinski definition) is 9. The zero-order valence-corrected chi connectivity index (χ0v) is 20.1. The summed E-state index contributed by atoms with van der Waals surface area (Å²) in [5.74, 6) is 2.20. The highest BCUT2D eigenvalue weighted by Crippen LogP contribution is 2.28. The molecule has 33 heavy (non-hydrogen) atoms. The van der Waals surface area contributed by atoms with Crippen LogP contribution in [0.2, 0.25) is 0 Å². The first-order valence-electron chi connectivity index (χ1n) is 10.7. The highest BCUT2D eigenvalue weighted by Gasteiger charge is 2.21. The van der Waals surface area contributed by atoms with Crippen LogP contribution in [0, 0.1) is 0 Å². The number of aromatic nitrogens is 2. The Labute approximate surface area is 201 Å². The fourth-order valence-corrected chi connectivity index (χ4v) is 5.04. The second kappa shape index (κ2) is 11.9. The molecule has 1 N–H and O–H groups in total. The van der Waals surface area contributed by atoms with Gasteiger partial charge in [0.15, 0.2) is 4.34 Å². The zero-order chi connectivity index (χ0) is 22.9. The van der Waals surface area contributed by atoms with E-state index in [9.17, 15) is 4.79 Å². The molecule has 8 nitrogen and oxygen atoms in total. The van der Waals surface area contributed by atoms with E-state index in [0.29, 0.717) is 17.5 Å². The second-order valence-corrected chi connectivity index (χ2v) is 9.60. The standard InChI is InChI=1S/C23H27N5O3S2/c1-30-19-9-7-18(8-10-19)24-22-25-26-23(33-22)32-17-21(29)28-13-11-27(12-14-28)15-16-31-20-5-3-2-4-6-20/h2-10H,11-17H2,1H3,(H,24,25). The average molecular weight is 486 g/mol. The van der Waals surface area contributed by atoms with Gasteiger partial charge in [-0.15, -0.1) is 10.2 Å². The van der Waals surface area contributed by atoms with Gasteiger partial charge in [0.25, 0.3) is 0 Å². The summed E-state index contributed by atoms with van der Waals surface area (Å²) < 4.78 is 11.7. The van der Waals surface area contributed by atoms with Crippen molar-refractivity contribution in [3.8, 4) is 11.5 Å². The average Bonchev–Trinajstić information content (AvgIpc) is 3.31. The van der Waals surface area contributed by atoms with Crippen molar-refractivity contribution in [3.63, 3.8) is 0 Å². The molecule has 0 aliphatic carbocycles. The van der Waals surface area contributed by atoms with Crippen LogP contribution in [-0.4, -0.2) is 78.1 Å². The Hall–Kier alpha value is -2.82. The number of carbonyl (C=O) groups excluding carboxylic acids is 1. The van der Waals surface area contributed by atoms with Crippen LogP contribution < -0.4 is 14.8 Å². The van der Waals surface area contributed by atoms with Gasteiger partial charge in [0.05, 0.1) is 12.9 Å².